The Morgan fingerprint density at radius 2 is 1.84 bits per heavy atom. The maximum atomic E-state index is 5.06. The van der Waals surface area contributed by atoms with Gasteiger partial charge >= 0.3 is 0 Å². The predicted molar refractivity (Wildman–Crippen MR) is 72.1 cm³/mol. The number of anilines is 2. The zero-order valence-electron chi connectivity index (χ0n) is 11.6. The summed E-state index contributed by atoms with van der Waals surface area (Å²) >= 11 is 0. The molecule has 102 valence electrons. The minimum atomic E-state index is 0.449. The van der Waals surface area contributed by atoms with Crippen LogP contribution in [0.5, 0.6) is 0 Å². The van der Waals surface area contributed by atoms with Crippen LogP contribution in [-0.2, 0) is 13.0 Å². The molecular formula is C12H18N6O. The van der Waals surface area contributed by atoms with Crippen molar-refractivity contribution in [1.82, 2.24) is 20.1 Å². The number of rotatable bonds is 5. The van der Waals surface area contributed by atoms with Crippen molar-refractivity contribution in [2.45, 2.75) is 33.7 Å². The molecule has 0 bridgehead atoms. The number of hydrogen-bond acceptors (Lipinski definition) is 7. The lowest BCUT2D eigenvalue weighted by atomic mass is 10.3. The summed E-state index contributed by atoms with van der Waals surface area (Å²) < 4.78 is 5.06. The molecule has 0 unspecified atom stereocenters. The molecule has 7 heteroatoms. The third-order valence-electron chi connectivity index (χ3n) is 2.72. The second-order valence-corrected chi connectivity index (χ2v) is 4.15. The van der Waals surface area contributed by atoms with Gasteiger partial charge in [0.05, 0.1) is 6.54 Å². The predicted octanol–water partition coefficient (Wildman–Crippen LogP) is 1.69. The molecule has 0 aliphatic carbocycles. The van der Waals surface area contributed by atoms with Gasteiger partial charge in [-0.2, -0.15) is 4.98 Å². The van der Waals surface area contributed by atoms with E-state index in [-0.39, 0.29) is 0 Å². The van der Waals surface area contributed by atoms with Crippen LogP contribution < -0.4 is 10.6 Å². The molecule has 0 amide bonds. The molecule has 2 aromatic heterocycles. The quantitative estimate of drug-likeness (QED) is 0.847. The average Bonchev–Trinajstić information content (AvgIpc) is 2.83. The second-order valence-electron chi connectivity index (χ2n) is 4.15. The van der Waals surface area contributed by atoms with E-state index >= 15 is 0 Å². The fourth-order valence-electron chi connectivity index (χ4n) is 1.71. The van der Waals surface area contributed by atoms with Gasteiger partial charge in [0.2, 0.25) is 5.89 Å². The summed E-state index contributed by atoms with van der Waals surface area (Å²) in [5.41, 5.74) is 0.968. The summed E-state index contributed by atoms with van der Waals surface area (Å²) in [4.78, 5) is 13.0. The van der Waals surface area contributed by atoms with E-state index in [1.807, 2.05) is 20.9 Å². The first-order valence-corrected chi connectivity index (χ1v) is 6.22. The third-order valence-corrected chi connectivity index (χ3v) is 2.72. The van der Waals surface area contributed by atoms with Crippen molar-refractivity contribution in [2.75, 3.05) is 17.7 Å². The van der Waals surface area contributed by atoms with Crippen molar-refractivity contribution in [3.05, 3.63) is 23.1 Å². The molecule has 0 saturated heterocycles. The Morgan fingerprint density at radius 3 is 2.42 bits per heavy atom. The molecule has 2 aromatic rings. The van der Waals surface area contributed by atoms with E-state index in [0.717, 1.165) is 29.4 Å². The number of nitrogens with zero attached hydrogens (tertiary/aromatic N) is 4. The fourth-order valence-corrected chi connectivity index (χ4v) is 1.71. The van der Waals surface area contributed by atoms with E-state index in [0.29, 0.717) is 18.3 Å². The molecule has 2 rings (SSSR count). The molecule has 0 saturated carbocycles. The summed E-state index contributed by atoms with van der Waals surface area (Å²) in [7, 11) is 1.85. The lowest BCUT2D eigenvalue weighted by Gasteiger charge is -2.12. The summed E-state index contributed by atoms with van der Waals surface area (Å²) in [6, 6.07) is 0. The molecule has 19 heavy (non-hydrogen) atoms. The van der Waals surface area contributed by atoms with Crippen molar-refractivity contribution in [3.63, 3.8) is 0 Å². The van der Waals surface area contributed by atoms with Crippen LogP contribution in [0.15, 0.2) is 4.52 Å². The molecule has 0 fully saturated rings. The maximum absolute atomic E-state index is 5.06. The second kappa shape index (κ2) is 5.64. The van der Waals surface area contributed by atoms with Crippen molar-refractivity contribution in [2.24, 2.45) is 0 Å². The fraction of sp³-hybridized carbons (Fsp3) is 0.500. The van der Waals surface area contributed by atoms with Crippen LogP contribution in [0.25, 0.3) is 0 Å². The van der Waals surface area contributed by atoms with E-state index in [2.05, 4.69) is 30.7 Å². The molecule has 0 radical (unpaired) electrons. The summed E-state index contributed by atoms with van der Waals surface area (Å²) in [5, 5.41) is 10.0. The molecular weight excluding hydrogens is 244 g/mol. The number of nitrogens with one attached hydrogen (secondary N) is 2. The van der Waals surface area contributed by atoms with Gasteiger partial charge < -0.3 is 15.2 Å². The van der Waals surface area contributed by atoms with Crippen LogP contribution in [-0.4, -0.2) is 27.2 Å². The van der Waals surface area contributed by atoms with Crippen LogP contribution in [0.4, 0.5) is 11.6 Å². The first-order valence-electron chi connectivity index (χ1n) is 6.22. The largest absolute Gasteiger partial charge is 0.373 e. The Labute approximate surface area is 111 Å². The molecule has 0 atom stereocenters. The van der Waals surface area contributed by atoms with Gasteiger partial charge in [-0.1, -0.05) is 12.1 Å². The Bertz CT molecular complexity index is 565. The Balaban J connectivity index is 2.19. The van der Waals surface area contributed by atoms with Crippen LogP contribution >= 0.6 is 0 Å². The summed E-state index contributed by atoms with van der Waals surface area (Å²) in [6.07, 6.45) is 0.781. The van der Waals surface area contributed by atoms with Crippen molar-refractivity contribution < 1.29 is 4.52 Å². The zero-order valence-corrected chi connectivity index (χ0v) is 11.6. The first-order chi connectivity index (χ1) is 9.13. The molecule has 0 aromatic carbocycles. The van der Waals surface area contributed by atoms with Gasteiger partial charge in [-0.15, -0.1) is 0 Å². The van der Waals surface area contributed by atoms with Crippen molar-refractivity contribution in [3.8, 4) is 0 Å². The molecule has 0 spiro atoms. The monoisotopic (exact) mass is 262 g/mol. The van der Waals surface area contributed by atoms with E-state index in [4.69, 9.17) is 4.52 Å². The Morgan fingerprint density at radius 1 is 1.11 bits per heavy atom. The minimum Gasteiger partial charge on any atom is -0.373 e. The maximum Gasteiger partial charge on any atom is 0.245 e. The number of aromatic nitrogens is 4. The lowest BCUT2D eigenvalue weighted by Crippen LogP contribution is -2.09. The van der Waals surface area contributed by atoms with Crippen LogP contribution in [0.1, 0.15) is 30.0 Å². The molecule has 0 aliphatic rings. The van der Waals surface area contributed by atoms with Gasteiger partial charge in [0.25, 0.3) is 0 Å². The minimum absolute atomic E-state index is 0.449. The first kappa shape index (κ1) is 13.3. The van der Waals surface area contributed by atoms with E-state index in [9.17, 15) is 0 Å². The van der Waals surface area contributed by atoms with E-state index in [1.54, 1.807) is 6.92 Å². The normalized spacial score (nSPS) is 10.5. The van der Waals surface area contributed by atoms with Crippen LogP contribution in [0, 0.1) is 13.8 Å². The van der Waals surface area contributed by atoms with Crippen LogP contribution in [0.3, 0.4) is 0 Å². The highest BCUT2D eigenvalue weighted by Crippen LogP contribution is 2.20. The zero-order chi connectivity index (χ0) is 13.8. The molecule has 2 N–H and O–H groups in total. The van der Waals surface area contributed by atoms with Gasteiger partial charge in [-0.25, -0.2) is 9.97 Å². The highest BCUT2D eigenvalue weighted by Gasteiger charge is 2.10. The highest BCUT2D eigenvalue weighted by molar-refractivity contribution is 5.56. The van der Waals surface area contributed by atoms with Gasteiger partial charge in [-0.05, 0) is 13.8 Å². The number of aryl methyl sites for hydroxylation is 2. The van der Waals surface area contributed by atoms with Gasteiger partial charge in [0, 0.05) is 19.0 Å². The standard InChI is InChI=1S/C12H18N6O/c1-5-9-16-11(13-4)7(2)12(17-9)14-6-10-15-8(3)18-19-10/h5-6H2,1-4H3,(H2,13,14,16,17). The summed E-state index contributed by atoms with van der Waals surface area (Å²) in [6.45, 7) is 6.23. The molecule has 0 aliphatic heterocycles. The smallest absolute Gasteiger partial charge is 0.245 e. The van der Waals surface area contributed by atoms with Crippen LogP contribution in [0.2, 0.25) is 0 Å². The summed E-state index contributed by atoms with van der Waals surface area (Å²) in [5.74, 6) is 3.57. The molecule has 7 nitrogen and oxygen atoms in total. The van der Waals surface area contributed by atoms with Gasteiger partial charge in [0.15, 0.2) is 5.82 Å². The van der Waals surface area contributed by atoms with E-state index < -0.39 is 0 Å². The third kappa shape index (κ3) is 2.98. The SMILES string of the molecule is CCc1nc(NC)c(C)c(NCc2nc(C)no2)n1. The van der Waals surface area contributed by atoms with Crippen molar-refractivity contribution in [1.29, 1.82) is 0 Å². The lowest BCUT2D eigenvalue weighted by molar-refractivity contribution is 0.379. The Hall–Kier alpha value is -2.18. The molecule has 2 heterocycles. The van der Waals surface area contributed by atoms with E-state index in [1.165, 1.54) is 0 Å². The number of hydrogen-bond donors (Lipinski definition) is 2. The topological polar surface area (TPSA) is 88.8 Å². The van der Waals surface area contributed by atoms with Gasteiger partial charge in [0.1, 0.15) is 17.5 Å². The van der Waals surface area contributed by atoms with Crippen molar-refractivity contribution >= 4 is 11.6 Å². The highest BCUT2D eigenvalue weighted by atomic mass is 16.5. The Kier molecular flexibility index (Phi) is 3.94. The average molecular weight is 262 g/mol. The van der Waals surface area contributed by atoms with Gasteiger partial charge in [-0.3, -0.25) is 0 Å².